The van der Waals surface area contributed by atoms with Crippen LogP contribution in [0.25, 0.3) is 0 Å². The van der Waals surface area contributed by atoms with Crippen molar-refractivity contribution in [3.8, 4) is 0 Å². The second-order valence-electron chi connectivity index (χ2n) is 2.33. The Morgan fingerprint density at radius 2 is 1.85 bits per heavy atom. The summed E-state index contributed by atoms with van der Waals surface area (Å²) in [4.78, 5) is 0.251. The maximum Gasteiger partial charge on any atom is 0.201 e. The van der Waals surface area contributed by atoms with E-state index < -0.39 is 9.84 Å². The smallest absolute Gasteiger partial charge is 0.201 e. The zero-order valence-corrected chi connectivity index (χ0v) is 7.66. The molecule has 0 amide bonds. The number of rotatable bonds is 3. The van der Waals surface area contributed by atoms with Crippen LogP contribution in [-0.2, 0) is 9.84 Å². The Kier molecular flexibility index (Phi) is 3.05. The minimum Gasteiger partial charge on any atom is -0.331 e. The van der Waals surface area contributed by atoms with Gasteiger partial charge in [0.15, 0.2) is 0 Å². The van der Waals surface area contributed by atoms with E-state index in [1.54, 1.807) is 18.2 Å². The summed E-state index contributed by atoms with van der Waals surface area (Å²) in [6.45, 7) is 0. The second kappa shape index (κ2) is 4.06. The topological polar surface area (TPSA) is 72.2 Å². The number of hydrogen-bond donors (Lipinski definition) is 2. The lowest BCUT2D eigenvalue weighted by molar-refractivity contribution is 0.604. The molecule has 1 rings (SSSR count). The molecule has 0 atom stereocenters. The Labute approximate surface area is 77.0 Å². The van der Waals surface area contributed by atoms with Gasteiger partial charge in [-0.25, -0.2) is 8.42 Å². The summed E-state index contributed by atoms with van der Waals surface area (Å²) in [6.07, 6.45) is 1.17. The van der Waals surface area contributed by atoms with Gasteiger partial charge in [0.25, 0.3) is 0 Å². The zero-order chi connectivity index (χ0) is 9.73. The quantitative estimate of drug-likeness (QED) is 0.544. The molecule has 4 nitrogen and oxygen atoms in total. The molecule has 0 saturated carbocycles. The summed E-state index contributed by atoms with van der Waals surface area (Å²) in [7, 11) is -3.35. The van der Waals surface area contributed by atoms with Crippen LogP contribution in [0.1, 0.15) is 0 Å². The molecule has 0 aliphatic carbocycles. The molecule has 0 aromatic heterocycles. The van der Waals surface area contributed by atoms with Gasteiger partial charge in [-0.2, -0.15) is 0 Å². The highest BCUT2D eigenvalue weighted by Crippen LogP contribution is 2.10. The van der Waals surface area contributed by atoms with Crippen molar-refractivity contribution in [2.24, 2.45) is 5.84 Å². The van der Waals surface area contributed by atoms with Gasteiger partial charge in [-0.3, -0.25) is 5.84 Å². The number of nitrogens with one attached hydrogen (secondary N) is 1. The molecule has 0 spiro atoms. The number of sulfone groups is 1. The molecule has 0 saturated heterocycles. The van der Waals surface area contributed by atoms with Crippen LogP contribution in [0.2, 0.25) is 0 Å². The molecule has 0 fully saturated rings. The summed E-state index contributed by atoms with van der Waals surface area (Å²) in [5.74, 6) is 4.91. The van der Waals surface area contributed by atoms with Gasteiger partial charge >= 0.3 is 0 Å². The Morgan fingerprint density at radius 3 is 2.38 bits per heavy atom. The SMILES string of the molecule is NN/C=C/S(=O)(=O)c1ccccc1. The van der Waals surface area contributed by atoms with Crippen LogP contribution in [0.3, 0.4) is 0 Å². The van der Waals surface area contributed by atoms with Gasteiger partial charge in [0, 0.05) is 6.20 Å². The molecule has 0 aliphatic rings. The fraction of sp³-hybridized carbons (Fsp3) is 0. The molecule has 0 unspecified atom stereocenters. The van der Waals surface area contributed by atoms with Crippen LogP contribution in [0.15, 0.2) is 46.8 Å². The first-order valence-corrected chi connectivity index (χ1v) is 5.14. The fourth-order valence-electron chi connectivity index (χ4n) is 0.818. The van der Waals surface area contributed by atoms with E-state index in [-0.39, 0.29) is 4.90 Å². The lowest BCUT2D eigenvalue weighted by atomic mass is 10.4. The van der Waals surface area contributed by atoms with Gasteiger partial charge in [-0.15, -0.1) is 0 Å². The van der Waals surface area contributed by atoms with Crippen LogP contribution < -0.4 is 11.3 Å². The third-order valence-corrected chi connectivity index (χ3v) is 2.84. The van der Waals surface area contributed by atoms with Gasteiger partial charge in [0.2, 0.25) is 9.84 Å². The first-order chi connectivity index (χ1) is 6.17. The van der Waals surface area contributed by atoms with Crippen molar-refractivity contribution in [3.05, 3.63) is 41.9 Å². The molecule has 13 heavy (non-hydrogen) atoms. The summed E-state index contributed by atoms with van der Waals surface area (Å²) in [5, 5.41) is 1.02. The Morgan fingerprint density at radius 1 is 1.23 bits per heavy atom. The average molecular weight is 198 g/mol. The van der Waals surface area contributed by atoms with Gasteiger partial charge in [-0.05, 0) is 12.1 Å². The van der Waals surface area contributed by atoms with Gasteiger partial charge in [0.05, 0.1) is 10.3 Å². The van der Waals surface area contributed by atoms with Crippen LogP contribution in [0.5, 0.6) is 0 Å². The van der Waals surface area contributed by atoms with E-state index >= 15 is 0 Å². The molecule has 1 aromatic carbocycles. The van der Waals surface area contributed by atoms with Gasteiger partial charge in [0.1, 0.15) is 0 Å². The van der Waals surface area contributed by atoms with Crippen molar-refractivity contribution in [2.45, 2.75) is 4.90 Å². The van der Waals surface area contributed by atoms with Crippen molar-refractivity contribution >= 4 is 9.84 Å². The van der Waals surface area contributed by atoms with Crippen molar-refractivity contribution in [1.29, 1.82) is 0 Å². The average Bonchev–Trinajstić information content (AvgIpc) is 2.16. The van der Waals surface area contributed by atoms with Crippen LogP contribution in [0.4, 0.5) is 0 Å². The monoisotopic (exact) mass is 198 g/mol. The lowest BCUT2D eigenvalue weighted by Gasteiger charge is -1.96. The molecule has 70 valence electrons. The fourth-order valence-corrected chi connectivity index (χ4v) is 1.77. The Bertz CT molecular complexity index is 384. The Hall–Kier alpha value is -1.33. The van der Waals surface area contributed by atoms with Gasteiger partial charge < -0.3 is 5.43 Å². The first kappa shape index (κ1) is 9.76. The maximum absolute atomic E-state index is 11.4. The highest BCUT2D eigenvalue weighted by atomic mass is 32.2. The second-order valence-corrected chi connectivity index (χ2v) is 4.16. The standard InChI is InChI=1S/C8H10N2O2S/c9-10-6-7-13(11,12)8-4-2-1-3-5-8/h1-7,10H,9H2/b7-6+. The van der Waals surface area contributed by atoms with E-state index in [0.717, 1.165) is 5.41 Å². The van der Waals surface area contributed by atoms with Crippen molar-refractivity contribution in [1.82, 2.24) is 5.43 Å². The van der Waals surface area contributed by atoms with Crippen LogP contribution in [-0.4, -0.2) is 8.42 Å². The summed E-state index contributed by atoms with van der Waals surface area (Å²) >= 11 is 0. The molecule has 0 bridgehead atoms. The summed E-state index contributed by atoms with van der Waals surface area (Å²) in [6, 6.07) is 8.13. The van der Waals surface area contributed by atoms with E-state index in [1.807, 2.05) is 0 Å². The molecule has 3 N–H and O–H groups in total. The molecule has 0 radical (unpaired) electrons. The number of hydrogen-bond acceptors (Lipinski definition) is 4. The van der Waals surface area contributed by atoms with Crippen molar-refractivity contribution in [3.63, 3.8) is 0 Å². The zero-order valence-electron chi connectivity index (χ0n) is 6.84. The van der Waals surface area contributed by atoms with E-state index in [0.29, 0.717) is 0 Å². The molecule has 5 heteroatoms. The van der Waals surface area contributed by atoms with E-state index in [2.05, 4.69) is 5.43 Å². The normalized spacial score (nSPS) is 11.8. The summed E-state index contributed by atoms with van der Waals surface area (Å²) in [5.41, 5.74) is 2.13. The van der Waals surface area contributed by atoms with E-state index in [9.17, 15) is 8.42 Å². The third-order valence-electron chi connectivity index (χ3n) is 1.42. The molecular formula is C8H10N2O2S. The molecule has 0 aliphatic heterocycles. The van der Waals surface area contributed by atoms with E-state index in [1.165, 1.54) is 18.3 Å². The number of nitrogens with two attached hydrogens (primary N) is 1. The van der Waals surface area contributed by atoms with E-state index in [4.69, 9.17) is 5.84 Å². The first-order valence-electron chi connectivity index (χ1n) is 3.59. The molecular weight excluding hydrogens is 188 g/mol. The highest BCUT2D eigenvalue weighted by Gasteiger charge is 2.07. The van der Waals surface area contributed by atoms with Crippen molar-refractivity contribution in [2.75, 3.05) is 0 Å². The predicted octanol–water partition coefficient (Wildman–Crippen LogP) is 0.395. The number of hydrazine groups is 1. The third kappa shape index (κ3) is 2.57. The van der Waals surface area contributed by atoms with Gasteiger partial charge in [-0.1, -0.05) is 18.2 Å². The van der Waals surface area contributed by atoms with Crippen LogP contribution >= 0.6 is 0 Å². The molecule has 0 heterocycles. The largest absolute Gasteiger partial charge is 0.331 e. The van der Waals surface area contributed by atoms with Crippen LogP contribution in [0, 0.1) is 0 Å². The number of benzene rings is 1. The highest BCUT2D eigenvalue weighted by molar-refractivity contribution is 7.94. The maximum atomic E-state index is 11.4. The van der Waals surface area contributed by atoms with Crippen molar-refractivity contribution < 1.29 is 8.42 Å². The Balaban J connectivity index is 3.02. The minimum absolute atomic E-state index is 0.251. The predicted molar refractivity (Wildman–Crippen MR) is 50.1 cm³/mol. The lowest BCUT2D eigenvalue weighted by Crippen LogP contribution is -2.13. The summed E-state index contributed by atoms with van der Waals surface area (Å²) < 4.78 is 22.8. The minimum atomic E-state index is -3.35. The molecule has 1 aromatic rings.